The van der Waals surface area contributed by atoms with Crippen LogP contribution in [0, 0.1) is 74.9 Å². The summed E-state index contributed by atoms with van der Waals surface area (Å²) in [5.41, 5.74) is 9.50. The first-order valence-corrected chi connectivity index (χ1v) is 30.5. The number of imidazole rings is 1. The zero-order valence-electron chi connectivity index (χ0n) is 43.3. The SMILES string of the molecule is C[C@H](O)NC(N)=NC[C@@H]1C[C@]2(CO)[C@@H]3C[C@H]([C@@H](CCCO)SSC[C@H](n4ccnc4)CC(C)(C)C4=C5CCCC6(CCCC6)[C@@H]5C5=C6[C@@H](CCC5)C[C@@H]3[C@H](O)[C@H]64)[C@@]2(O)C2=CC(=O)[C@@H]3C[C@@H](O)[C@@H](O)C[C@]3(C)[C@H]21. The number of ketones is 1. The highest BCUT2D eigenvalue weighted by atomic mass is 33.1. The second-order valence-corrected chi connectivity index (χ2v) is 28.6. The maximum absolute atomic E-state index is 15.0. The minimum atomic E-state index is -1.72. The van der Waals surface area contributed by atoms with Gasteiger partial charge in [0.15, 0.2) is 11.7 Å². The summed E-state index contributed by atoms with van der Waals surface area (Å²) in [7, 11) is 3.60. The molecule has 0 amide bonds. The highest BCUT2D eigenvalue weighted by Crippen LogP contribution is 2.75. The van der Waals surface area contributed by atoms with Crippen LogP contribution in [0.15, 0.2) is 57.7 Å². The molecule has 1 saturated heterocycles. The Hall–Kier alpha value is -2.21. The smallest absolute Gasteiger partial charge is 0.190 e. The van der Waals surface area contributed by atoms with Crippen LogP contribution in [0.4, 0.5) is 0 Å². The lowest BCUT2D eigenvalue weighted by Gasteiger charge is -2.64. The standard InChI is InChI=1S/C57H85N5O8S2/c1-31(65)61-52(58)60-27-33-24-56(29-64)38-21-40(57(56,70)41-23-42(66)39-22-43(67)44(68)26-54(39,4)48(33)41)45(13-9-19-63)72-71-28-34(62-18-17-59-30-62)25-53(2,3)50-36-12-8-16-55(14-5-6-15-55)49(36)35-11-7-10-32-20-37(38)51(69)47(50)46(32)35/h17-18,23,30-34,37-40,43-45,47-49,51,63-65,67-70H,5-16,19-22,24-29H2,1-4H3,(H3,58,60,61)/t31-,32-,33-,34+,37-,38+,39-,40+,43+,44-,45+,47+,48-,49+,51-,54-,56-,57+/m0/s1. The fraction of sp³-hybridized carbons (Fsp3) is 0.807. The summed E-state index contributed by atoms with van der Waals surface area (Å²) in [6.07, 6.45) is 19.6. The number of hydrogen-bond donors (Lipinski definition) is 9. The van der Waals surface area contributed by atoms with Crippen molar-refractivity contribution in [1.29, 1.82) is 0 Å². The largest absolute Gasteiger partial charge is 0.396 e. The third-order valence-corrected chi connectivity index (χ3v) is 24.9. The van der Waals surface area contributed by atoms with Crippen molar-refractivity contribution in [3.8, 4) is 0 Å². The number of aliphatic hydroxyl groups excluding tert-OH is 6. The molecule has 72 heavy (non-hydrogen) atoms. The van der Waals surface area contributed by atoms with Gasteiger partial charge in [0.25, 0.3) is 0 Å². The fourth-order valence-electron chi connectivity index (χ4n) is 19.5. The Balaban J connectivity index is 1.13. The summed E-state index contributed by atoms with van der Waals surface area (Å²) in [5.74, 6) is -1.35. The molecule has 6 saturated carbocycles. The van der Waals surface area contributed by atoms with Crippen molar-refractivity contribution in [3.05, 3.63) is 52.7 Å². The van der Waals surface area contributed by atoms with E-state index in [9.17, 15) is 40.5 Å². The van der Waals surface area contributed by atoms with Crippen molar-refractivity contribution in [2.24, 2.45) is 85.6 Å². The summed E-state index contributed by atoms with van der Waals surface area (Å²) in [6.45, 7) is 8.34. The molecule has 1 aliphatic heterocycles. The third kappa shape index (κ3) is 7.97. The highest BCUT2D eigenvalue weighted by molar-refractivity contribution is 8.76. The molecule has 0 unspecified atom stereocenters. The first-order valence-electron chi connectivity index (χ1n) is 28.1. The number of aliphatic hydroxyl groups is 7. The molecule has 15 heteroatoms. The van der Waals surface area contributed by atoms with E-state index in [0.29, 0.717) is 37.2 Å². The quantitative estimate of drug-likeness (QED) is 0.0421. The molecule has 10 N–H and O–H groups in total. The van der Waals surface area contributed by atoms with Crippen LogP contribution in [0.3, 0.4) is 0 Å². The van der Waals surface area contributed by atoms with E-state index in [1.807, 2.05) is 30.2 Å². The molecule has 0 radical (unpaired) electrons. The Morgan fingerprint density at radius 2 is 1.75 bits per heavy atom. The molecule has 10 aliphatic rings. The Labute approximate surface area is 435 Å². The van der Waals surface area contributed by atoms with E-state index in [0.717, 1.165) is 44.3 Å². The number of aromatic nitrogens is 2. The van der Waals surface area contributed by atoms with Crippen LogP contribution in [0.1, 0.15) is 149 Å². The number of allylic oxidation sites excluding steroid dienone is 3. The van der Waals surface area contributed by atoms with E-state index >= 15 is 0 Å². The maximum Gasteiger partial charge on any atom is 0.190 e. The molecule has 1 aromatic rings. The average molecular weight is 1030 g/mol. The van der Waals surface area contributed by atoms with Crippen molar-refractivity contribution in [3.63, 3.8) is 0 Å². The van der Waals surface area contributed by atoms with Gasteiger partial charge in [-0.2, -0.15) is 0 Å². The topological polar surface area (TPSA) is 227 Å². The second kappa shape index (κ2) is 19.4. The normalized spacial score (nSPS) is 44.8. The van der Waals surface area contributed by atoms with E-state index in [-0.39, 0.29) is 96.1 Å². The van der Waals surface area contributed by atoms with Crippen LogP contribution in [-0.2, 0) is 4.79 Å². The lowest BCUT2D eigenvalue weighted by molar-refractivity contribution is -0.186. The van der Waals surface area contributed by atoms with Gasteiger partial charge in [-0.05, 0) is 167 Å². The number of hydrogen-bond acceptors (Lipinski definition) is 12. The van der Waals surface area contributed by atoms with Crippen LogP contribution >= 0.6 is 21.6 Å². The number of nitrogens with two attached hydrogens (primary N) is 1. The number of rotatable bonds is 8. The third-order valence-electron chi connectivity index (χ3n) is 21.9. The van der Waals surface area contributed by atoms with Crippen LogP contribution < -0.4 is 11.1 Å². The summed E-state index contributed by atoms with van der Waals surface area (Å²) < 4.78 is 2.28. The van der Waals surface area contributed by atoms with Gasteiger partial charge in [-0.1, -0.05) is 77.5 Å². The van der Waals surface area contributed by atoms with Crippen molar-refractivity contribution >= 4 is 33.3 Å². The van der Waals surface area contributed by atoms with Gasteiger partial charge in [0.2, 0.25) is 0 Å². The predicted molar refractivity (Wildman–Crippen MR) is 282 cm³/mol. The van der Waals surface area contributed by atoms with Crippen molar-refractivity contribution in [2.75, 3.05) is 25.5 Å². The molecular formula is C57H85N5O8S2. The van der Waals surface area contributed by atoms with Gasteiger partial charge in [0.1, 0.15) is 6.23 Å². The van der Waals surface area contributed by atoms with Crippen LogP contribution in [0.25, 0.3) is 0 Å². The number of guanidine groups is 1. The summed E-state index contributed by atoms with van der Waals surface area (Å²) in [6, 6.07) is 0.0850. The summed E-state index contributed by atoms with van der Waals surface area (Å²) in [5, 5.41) is 87.7. The molecule has 0 aromatic carbocycles. The van der Waals surface area contributed by atoms with Gasteiger partial charge in [-0.25, -0.2) is 4.98 Å². The molecule has 1 spiro atoms. The van der Waals surface area contributed by atoms with Crippen LogP contribution in [-0.4, -0.2) is 118 Å². The van der Waals surface area contributed by atoms with Gasteiger partial charge in [-0.15, -0.1) is 0 Å². The molecule has 13 nitrogen and oxygen atoms in total. The lowest BCUT2D eigenvalue weighted by atomic mass is 9.41. The summed E-state index contributed by atoms with van der Waals surface area (Å²) >= 11 is 0. The van der Waals surface area contributed by atoms with Gasteiger partial charge in [-0.3, -0.25) is 9.79 Å². The van der Waals surface area contributed by atoms with E-state index < -0.39 is 58.7 Å². The molecule has 7 fully saturated rings. The van der Waals surface area contributed by atoms with Gasteiger partial charge in [0, 0.05) is 71.7 Å². The van der Waals surface area contributed by atoms with Crippen molar-refractivity contribution in [1.82, 2.24) is 14.9 Å². The zero-order chi connectivity index (χ0) is 50.7. The minimum Gasteiger partial charge on any atom is -0.396 e. The maximum atomic E-state index is 15.0. The molecule has 2 heterocycles. The van der Waals surface area contributed by atoms with Crippen LogP contribution in [0.5, 0.6) is 0 Å². The molecule has 9 aliphatic carbocycles. The fourth-order valence-corrected chi connectivity index (χ4v) is 22.8. The lowest BCUT2D eigenvalue weighted by Crippen LogP contribution is -2.67. The molecule has 398 valence electrons. The molecule has 1 aromatic heterocycles. The number of carbonyl (C=O) groups is 1. The minimum absolute atomic E-state index is 0.0130. The first-order chi connectivity index (χ1) is 34.4. The van der Waals surface area contributed by atoms with E-state index in [4.69, 9.17) is 10.7 Å². The van der Waals surface area contributed by atoms with Gasteiger partial charge < -0.3 is 51.4 Å². The van der Waals surface area contributed by atoms with Gasteiger partial charge in [0.05, 0.1) is 36.8 Å². The van der Waals surface area contributed by atoms with Crippen molar-refractivity contribution in [2.45, 2.75) is 185 Å². The molecular weight excluding hydrogens is 947 g/mol. The molecule has 11 rings (SSSR count). The van der Waals surface area contributed by atoms with Crippen molar-refractivity contribution < 1.29 is 40.5 Å². The van der Waals surface area contributed by atoms with E-state index in [2.05, 4.69) is 34.9 Å². The number of nitrogens with zero attached hydrogens (tertiary/aromatic N) is 3. The van der Waals surface area contributed by atoms with E-state index in [1.165, 1.54) is 49.7 Å². The molecule has 4 bridgehead atoms. The zero-order valence-corrected chi connectivity index (χ0v) is 44.9. The Morgan fingerprint density at radius 3 is 2.47 bits per heavy atom. The highest BCUT2D eigenvalue weighted by Gasteiger charge is 2.75. The monoisotopic (exact) mass is 1030 g/mol. The van der Waals surface area contributed by atoms with Crippen LogP contribution in [0.2, 0.25) is 0 Å². The molecule has 18 atom stereocenters. The Kier molecular flexibility index (Phi) is 13.9. The first kappa shape index (κ1) is 51.9. The second-order valence-electron chi connectivity index (χ2n) is 25.9. The Bertz CT molecular complexity index is 2350. The van der Waals surface area contributed by atoms with Gasteiger partial charge >= 0.3 is 0 Å². The number of carbonyl (C=O) groups excluding carboxylic acids is 1. The number of aliphatic imine (C=N–C) groups is 1. The number of nitrogens with one attached hydrogen (secondary N) is 1. The number of fused-ring (bicyclic) bond motifs is 14. The van der Waals surface area contributed by atoms with E-state index in [1.54, 1.807) is 34.9 Å². The predicted octanol–water partition coefficient (Wildman–Crippen LogP) is 7.01. The average Bonchev–Trinajstić information content (AvgIpc) is 4.10. The summed E-state index contributed by atoms with van der Waals surface area (Å²) in [4.78, 5) is 24.4. The Morgan fingerprint density at radius 1 is 0.986 bits per heavy atom.